The van der Waals surface area contributed by atoms with Crippen LogP contribution in [0.5, 0.6) is 0 Å². The molecule has 0 bridgehead atoms. The second kappa shape index (κ2) is 4.03. The predicted octanol–water partition coefficient (Wildman–Crippen LogP) is 1.52. The van der Waals surface area contributed by atoms with Crippen LogP contribution in [-0.4, -0.2) is 12.3 Å². The van der Waals surface area contributed by atoms with E-state index in [-0.39, 0.29) is 9.90 Å². The van der Waals surface area contributed by atoms with Gasteiger partial charge in [0.1, 0.15) is 0 Å². The Balaban J connectivity index is 0.000000250. The van der Waals surface area contributed by atoms with Gasteiger partial charge >= 0.3 is 0 Å². The van der Waals surface area contributed by atoms with Gasteiger partial charge in [0.15, 0.2) is 0 Å². The Bertz CT molecular complexity index is 17.1. The third-order valence-corrected chi connectivity index (χ3v) is 2.37. The Morgan fingerprint density at radius 3 is 1.67 bits per heavy atom. The van der Waals surface area contributed by atoms with Crippen LogP contribution in [0.15, 0.2) is 0 Å². The lowest BCUT2D eigenvalue weighted by atomic mass is 10.4. The lowest BCUT2D eigenvalue weighted by molar-refractivity contribution is 0.949. The molecule has 0 amide bonds. The molecule has 1 unspecified atom stereocenters. The Morgan fingerprint density at radius 2 is 1.50 bits per heavy atom. The summed E-state index contributed by atoms with van der Waals surface area (Å²) in [6.07, 6.45) is 6.08. The van der Waals surface area contributed by atoms with Crippen molar-refractivity contribution >= 4 is 18.5 Å². The van der Waals surface area contributed by atoms with Gasteiger partial charge in [-0.1, -0.05) is 0 Å². The highest BCUT2D eigenvalue weighted by molar-refractivity contribution is 7.38. The van der Waals surface area contributed by atoms with Crippen molar-refractivity contribution in [2.45, 2.75) is 12.8 Å². The van der Waals surface area contributed by atoms with Crippen molar-refractivity contribution in [1.29, 1.82) is 0 Å². The first kappa shape index (κ1) is 6.86. The van der Waals surface area contributed by atoms with Crippen molar-refractivity contribution in [2.24, 2.45) is 0 Å². The zero-order chi connectivity index (χ0) is 3.54. The molecule has 2 heteroatoms. The lowest BCUT2D eigenvalue weighted by Gasteiger charge is -1.69. The molecule has 1 rings (SSSR count). The van der Waals surface area contributed by atoms with Crippen LogP contribution in [-0.2, 0) is 0 Å². The van der Waals surface area contributed by atoms with Crippen LogP contribution in [0.3, 0.4) is 0 Å². The molecule has 0 nitrogen and oxygen atoms in total. The molecule has 38 valence electrons. The topological polar surface area (TPSA) is 0 Å². The van der Waals surface area contributed by atoms with Gasteiger partial charge in [-0.2, -0.15) is 9.90 Å². The van der Waals surface area contributed by atoms with E-state index in [4.69, 9.17) is 0 Å². The normalized spacial score (nSPS) is 20.0. The van der Waals surface area contributed by atoms with Crippen LogP contribution >= 0.6 is 18.5 Å². The second-order valence-electron chi connectivity index (χ2n) is 1.46. The zero-order valence-corrected chi connectivity index (χ0v) is 6.45. The molecule has 0 aromatic carbocycles. The zero-order valence-electron chi connectivity index (χ0n) is 4.04. The van der Waals surface area contributed by atoms with Gasteiger partial charge < -0.3 is 0 Å². The van der Waals surface area contributed by atoms with Crippen molar-refractivity contribution in [1.82, 2.24) is 0 Å². The summed E-state index contributed by atoms with van der Waals surface area (Å²) in [4.78, 5) is 0. The van der Waals surface area contributed by atoms with Gasteiger partial charge in [0, 0.05) is 0 Å². The van der Waals surface area contributed by atoms with E-state index in [9.17, 15) is 0 Å². The number of hydrogen-bond donors (Lipinski definition) is 0. The number of hydrogen-bond acceptors (Lipinski definition) is 0. The maximum atomic E-state index is 1.53. The molecule has 1 aliphatic rings. The maximum absolute atomic E-state index is 1.53. The Labute approximate surface area is 44.5 Å². The first-order valence-corrected chi connectivity index (χ1v) is 3.62. The average molecular weight is 122 g/mol. The van der Waals surface area contributed by atoms with Crippen LogP contribution in [0.4, 0.5) is 0 Å². The van der Waals surface area contributed by atoms with Crippen molar-refractivity contribution in [3.05, 3.63) is 0 Å². The van der Waals surface area contributed by atoms with E-state index in [1.54, 1.807) is 0 Å². The lowest BCUT2D eigenvalue weighted by Crippen LogP contribution is -1.58. The van der Waals surface area contributed by atoms with Crippen LogP contribution in [0, 0.1) is 0 Å². The molecule has 1 atom stereocenters. The number of rotatable bonds is 0. The quantitative estimate of drug-likeness (QED) is 0.427. The van der Waals surface area contributed by atoms with E-state index in [1.165, 1.54) is 33.7 Å². The third-order valence-electron chi connectivity index (χ3n) is 0.957. The molecule has 6 heavy (non-hydrogen) atoms. The average Bonchev–Trinajstić information content (AvgIpc) is 1.76. The highest BCUT2D eigenvalue weighted by Gasteiger charge is 1.94. The van der Waals surface area contributed by atoms with Gasteiger partial charge in [-0.25, -0.2) is 0 Å². The van der Waals surface area contributed by atoms with E-state index in [1.807, 2.05) is 0 Å². The molecule has 0 radical (unpaired) electrons. The molecule has 1 heterocycles. The van der Waals surface area contributed by atoms with Gasteiger partial charge in [-0.15, -0.1) is 8.58 Å². The van der Waals surface area contributed by atoms with Crippen LogP contribution < -0.4 is 0 Å². The first-order valence-electron chi connectivity index (χ1n) is 2.21. The molecule has 1 fully saturated rings. The van der Waals surface area contributed by atoms with Gasteiger partial charge in [-0.05, 0) is 25.2 Å². The third kappa shape index (κ3) is 2.11. The van der Waals surface area contributed by atoms with Gasteiger partial charge in [0.05, 0.1) is 0 Å². The monoisotopic (exact) mass is 122 g/mol. The van der Waals surface area contributed by atoms with Gasteiger partial charge in [-0.3, -0.25) is 0 Å². The summed E-state index contributed by atoms with van der Waals surface area (Å²) < 4.78 is 0. The van der Waals surface area contributed by atoms with Crippen LogP contribution in [0.1, 0.15) is 12.8 Å². The minimum atomic E-state index is 0. The fraction of sp³-hybridized carbons (Fsp3) is 1.00. The minimum Gasteiger partial charge on any atom is -0.153 e. The Morgan fingerprint density at radius 1 is 1.00 bits per heavy atom. The van der Waals surface area contributed by atoms with Crippen molar-refractivity contribution in [3.63, 3.8) is 0 Å². The smallest absolute Gasteiger partial charge is 0.0353 e. The molecule has 1 aliphatic heterocycles. The molecule has 1 saturated heterocycles. The summed E-state index contributed by atoms with van der Waals surface area (Å²) >= 11 is 0. The van der Waals surface area contributed by atoms with Crippen LogP contribution in [0.25, 0.3) is 0 Å². The minimum absolute atomic E-state index is 0. The predicted molar refractivity (Wildman–Crippen MR) is 38.4 cm³/mol. The van der Waals surface area contributed by atoms with E-state index >= 15 is 0 Å². The molecular weight excluding hydrogens is 110 g/mol. The molecule has 0 N–H and O–H groups in total. The van der Waals surface area contributed by atoms with Gasteiger partial charge in [0.2, 0.25) is 0 Å². The van der Waals surface area contributed by atoms with E-state index in [0.29, 0.717) is 0 Å². The molecule has 0 aromatic heterocycles. The fourth-order valence-corrected chi connectivity index (χ4v) is 1.87. The van der Waals surface area contributed by atoms with E-state index in [0.717, 1.165) is 0 Å². The molecule has 0 aliphatic carbocycles. The van der Waals surface area contributed by atoms with Gasteiger partial charge in [0.25, 0.3) is 0 Å². The SMILES string of the molecule is C1CCPC1.P. The first-order chi connectivity index (χ1) is 2.50. The molecule has 0 saturated carbocycles. The maximum Gasteiger partial charge on any atom is -0.0353 e. The Kier molecular flexibility index (Phi) is 4.61. The standard InChI is InChI=1S/C4H9P.H3P/c1-2-4-5-3-1;/h5H,1-4H2;1H3. The summed E-state index contributed by atoms with van der Waals surface area (Å²) in [5.41, 5.74) is 0. The highest BCUT2D eigenvalue weighted by Crippen LogP contribution is 2.21. The summed E-state index contributed by atoms with van der Waals surface area (Å²) in [6.45, 7) is 0. The fourth-order valence-electron chi connectivity index (χ4n) is 0.625. The van der Waals surface area contributed by atoms with E-state index < -0.39 is 0 Å². The highest BCUT2D eigenvalue weighted by atomic mass is 31.1. The summed E-state index contributed by atoms with van der Waals surface area (Å²) in [6, 6.07) is 0. The van der Waals surface area contributed by atoms with Crippen molar-refractivity contribution < 1.29 is 0 Å². The second-order valence-corrected chi connectivity index (χ2v) is 2.96. The molecular formula is C4H12P2. The summed E-state index contributed by atoms with van der Waals surface area (Å²) in [5.74, 6) is 0. The van der Waals surface area contributed by atoms with E-state index in [2.05, 4.69) is 0 Å². The van der Waals surface area contributed by atoms with Crippen LogP contribution in [0.2, 0.25) is 0 Å². The van der Waals surface area contributed by atoms with Crippen molar-refractivity contribution in [2.75, 3.05) is 12.3 Å². The van der Waals surface area contributed by atoms with Crippen molar-refractivity contribution in [3.8, 4) is 0 Å². The molecule has 0 aromatic rings. The summed E-state index contributed by atoms with van der Waals surface area (Å²) in [5, 5.41) is 0. The largest absolute Gasteiger partial charge is 0.153 e. The molecule has 0 spiro atoms. The Hall–Kier alpha value is 0.860. The summed E-state index contributed by atoms with van der Waals surface area (Å²) in [7, 11) is 1.31.